The van der Waals surface area contributed by atoms with Crippen LogP contribution in [-0.2, 0) is 10.0 Å². The number of aromatic amines is 1. The molecule has 0 saturated heterocycles. The molecule has 0 aliphatic heterocycles. The Balaban J connectivity index is 2.77. The van der Waals surface area contributed by atoms with Crippen molar-refractivity contribution in [3.05, 3.63) is 11.4 Å². The predicted molar refractivity (Wildman–Crippen MR) is 80.1 cm³/mol. The summed E-state index contributed by atoms with van der Waals surface area (Å²) in [6.45, 7) is 7.95. The third-order valence-corrected chi connectivity index (χ3v) is 5.28. The van der Waals surface area contributed by atoms with E-state index in [2.05, 4.69) is 44.7 Å². The highest BCUT2D eigenvalue weighted by Crippen LogP contribution is 2.23. The third kappa shape index (κ3) is 4.57. The van der Waals surface area contributed by atoms with Crippen molar-refractivity contribution in [1.82, 2.24) is 14.9 Å². The van der Waals surface area contributed by atoms with Gasteiger partial charge >= 0.3 is 0 Å². The van der Waals surface area contributed by atoms with E-state index in [0.29, 0.717) is 17.9 Å². The highest BCUT2D eigenvalue weighted by molar-refractivity contribution is 9.09. The van der Waals surface area contributed by atoms with E-state index in [1.165, 1.54) is 0 Å². The molecule has 0 aliphatic carbocycles. The van der Waals surface area contributed by atoms with Crippen LogP contribution in [0.5, 0.6) is 0 Å². The number of hydrogen-bond acceptors (Lipinski definition) is 3. The predicted octanol–water partition coefficient (Wildman–Crippen LogP) is 2.51. The molecule has 7 heteroatoms. The van der Waals surface area contributed by atoms with Crippen molar-refractivity contribution in [2.45, 2.75) is 45.4 Å². The van der Waals surface area contributed by atoms with Gasteiger partial charge in [0, 0.05) is 11.9 Å². The molecule has 0 unspecified atom stereocenters. The topological polar surface area (TPSA) is 74.8 Å². The molecular weight excluding hydrogens is 330 g/mol. The van der Waals surface area contributed by atoms with Crippen molar-refractivity contribution in [2.75, 3.05) is 11.9 Å². The molecule has 5 nitrogen and oxygen atoms in total. The minimum Gasteiger partial charge on any atom is -0.281 e. The largest absolute Gasteiger partial charge is 0.281 e. The van der Waals surface area contributed by atoms with Crippen LogP contribution in [-0.4, -0.2) is 30.5 Å². The van der Waals surface area contributed by atoms with Gasteiger partial charge in [0.15, 0.2) is 0 Å². The number of rotatable bonds is 7. The SMILES string of the molecule is Cc1n[nH]c(C)c1S(=O)(=O)NCC(C)(C)CCCBr. The first-order valence-electron chi connectivity index (χ1n) is 6.27. The first kappa shape index (κ1) is 16.7. The van der Waals surface area contributed by atoms with Crippen LogP contribution in [0.15, 0.2) is 4.90 Å². The van der Waals surface area contributed by atoms with Crippen molar-refractivity contribution in [2.24, 2.45) is 5.41 Å². The zero-order valence-corrected chi connectivity index (χ0v) is 14.3. The first-order chi connectivity index (χ1) is 8.69. The number of sulfonamides is 1. The molecule has 0 fully saturated rings. The molecule has 0 radical (unpaired) electrons. The summed E-state index contributed by atoms with van der Waals surface area (Å²) in [5, 5.41) is 7.56. The Kier molecular flexibility index (Phi) is 5.58. The molecule has 0 bridgehead atoms. The Morgan fingerprint density at radius 1 is 1.37 bits per heavy atom. The van der Waals surface area contributed by atoms with E-state index in [1.54, 1.807) is 13.8 Å². The molecule has 1 aromatic rings. The maximum absolute atomic E-state index is 12.3. The Hall–Kier alpha value is -0.400. The monoisotopic (exact) mass is 351 g/mol. The average molecular weight is 352 g/mol. The summed E-state index contributed by atoms with van der Waals surface area (Å²) < 4.78 is 27.2. The molecule has 110 valence electrons. The Morgan fingerprint density at radius 3 is 2.47 bits per heavy atom. The van der Waals surface area contributed by atoms with Crippen LogP contribution in [0.1, 0.15) is 38.1 Å². The number of halogens is 1. The van der Waals surface area contributed by atoms with Crippen LogP contribution in [0.4, 0.5) is 0 Å². The van der Waals surface area contributed by atoms with E-state index < -0.39 is 10.0 Å². The fourth-order valence-electron chi connectivity index (χ4n) is 1.93. The van der Waals surface area contributed by atoms with Crippen molar-refractivity contribution in [3.8, 4) is 0 Å². The van der Waals surface area contributed by atoms with Crippen LogP contribution in [0.2, 0.25) is 0 Å². The van der Waals surface area contributed by atoms with Crippen LogP contribution in [0.25, 0.3) is 0 Å². The smallest absolute Gasteiger partial charge is 0.244 e. The lowest BCUT2D eigenvalue weighted by molar-refractivity contribution is 0.332. The summed E-state index contributed by atoms with van der Waals surface area (Å²) in [4.78, 5) is 0.267. The van der Waals surface area contributed by atoms with Gasteiger partial charge < -0.3 is 0 Å². The molecule has 2 N–H and O–H groups in total. The van der Waals surface area contributed by atoms with Gasteiger partial charge in [0.1, 0.15) is 4.90 Å². The number of alkyl halides is 1. The van der Waals surface area contributed by atoms with Crippen molar-refractivity contribution in [3.63, 3.8) is 0 Å². The molecule has 1 aromatic heterocycles. The summed E-state index contributed by atoms with van der Waals surface area (Å²) >= 11 is 3.39. The van der Waals surface area contributed by atoms with Gasteiger partial charge in [0.2, 0.25) is 10.0 Å². The fourth-order valence-corrected chi connectivity index (χ4v) is 3.82. The second-order valence-electron chi connectivity index (χ2n) is 5.54. The van der Waals surface area contributed by atoms with Crippen LogP contribution in [0.3, 0.4) is 0 Å². The number of aryl methyl sites for hydroxylation is 2. The summed E-state index contributed by atoms with van der Waals surface area (Å²) in [5.74, 6) is 0. The molecule has 0 aliphatic rings. The normalized spacial score (nSPS) is 12.9. The molecule has 1 rings (SSSR count). The van der Waals surface area contributed by atoms with Crippen LogP contribution < -0.4 is 4.72 Å². The second kappa shape index (κ2) is 6.37. The van der Waals surface area contributed by atoms with E-state index in [0.717, 1.165) is 18.2 Å². The van der Waals surface area contributed by atoms with Gasteiger partial charge in [0.25, 0.3) is 0 Å². The van der Waals surface area contributed by atoms with Crippen molar-refractivity contribution in [1.29, 1.82) is 0 Å². The van der Waals surface area contributed by atoms with Crippen molar-refractivity contribution < 1.29 is 8.42 Å². The van der Waals surface area contributed by atoms with Crippen molar-refractivity contribution >= 4 is 26.0 Å². The number of hydrogen-bond donors (Lipinski definition) is 2. The minimum absolute atomic E-state index is 0.0631. The van der Waals surface area contributed by atoms with Crippen LogP contribution >= 0.6 is 15.9 Å². The molecule has 0 aromatic carbocycles. The number of aromatic nitrogens is 2. The first-order valence-corrected chi connectivity index (χ1v) is 8.87. The van der Waals surface area contributed by atoms with Gasteiger partial charge in [-0.25, -0.2) is 13.1 Å². The van der Waals surface area contributed by atoms with Gasteiger partial charge in [-0.3, -0.25) is 5.10 Å². The maximum Gasteiger partial charge on any atom is 0.244 e. The van der Waals surface area contributed by atoms with E-state index >= 15 is 0 Å². The number of nitrogens with one attached hydrogen (secondary N) is 2. The molecule has 19 heavy (non-hydrogen) atoms. The highest BCUT2D eigenvalue weighted by Gasteiger charge is 2.25. The highest BCUT2D eigenvalue weighted by atomic mass is 79.9. The standard InChI is InChI=1S/C12H22BrN3O2S/c1-9-11(10(2)16-15-9)19(17,18)14-8-12(3,4)6-5-7-13/h14H,5-8H2,1-4H3,(H,15,16). The summed E-state index contributed by atoms with van der Waals surface area (Å²) in [6.07, 6.45) is 1.99. The number of nitrogens with zero attached hydrogens (tertiary/aromatic N) is 1. The molecule has 0 atom stereocenters. The molecule has 0 saturated carbocycles. The lowest BCUT2D eigenvalue weighted by atomic mass is 9.88. The van der Waals surface area contributed by atoms with Gasteiger partial charge in [-0.15, -0.1) is 0 Å². The minimum atomic E-state index is -3.49. The number of H-pyrrole nitrogens is 1. The van der Waals surface area contributed by atoms with Gasteiger partial charge in [-0.05, 0) is 32.1 Å². The Labute approximate surface area is 123 Å². The molecule has 0 spiro atoms. The lowest BCUT2D eigenvalue weighted by Crippen LogP contribution is -2.34. The lowest BCUT2D eigenvalue weighted by Gasteiger charge is -2.24. The summed E-state index contributed by atoms with van der Waals surface area (Å²) in [7, 11) is -3.49. The van der Waals surface area contributed by atoms with E-state index in [1.807, 2.05) is 0 Å². The summed E-state index contributed by atoms with van der Waals surface area (Å²) in [5.41, 5.74) is 1.01. The van der Waals surface area contributed by atoms with E-state index in [-0.39, 0.29) is 10.3 Å². The Bertz CT molecular complexity index is 504. The van der Waals surface area contributed by atoms with Crippen LogP contribution in [0, 0.1) is 19.3 Å². The van der Waals surface area contributed by atoms with Gasteiger partial charge in [-0.2, -0.15) is 5.10 Å². The fraction of sp³-hybridized carbons (Fsp3) is 0.750. The maximum atomic E-state index is 12.3. The van der Waals surface area contributed by atoms with E-state index in [9.17, 15) is 8.42 Å². The van der Waals surface area contributed by atoms with E-state index in [4.69, 9.17) is 0 Å². The molecule has 0 amide bonds. The van der Waals surface area contributed by atoms with Gasteiger partial charge in [0.05, 0.1) is 11.4 Å². The second-order valence-corrected chi connectivity index (χ2v) is 8.04. The van der Waals surface area contributed by atoms with Gasteiger partial charge in [-0.1, -0.05) is 29.8 Å². The molecule has 1 heterocycles. The summed E-state index contributed by atoms with van der Waals surface area (Å²) in [6, 6.07) is 0. The Morgan fingerprint density at radius 2 is 2.00 bits per heavy atom. The third-order valence-electron chi connectivity index (χ3n) is 3.06. The molecular formula is C12H22BrN3O2S. The average Bonchev–Trinajstić information content (AvgIpc) is 2.65. The quantitative estimate of drug-likeness (QED) is 0.741. The zero-order valence-electron chi connectivity index (χ0n) is 11.9. The zero-order chi connectivity index (χ0) is 14.7.